The van der Waals surface area contributed by atoms with E-state index in [1.165, 1.54) is 0 Å². The van der Waals surface area contributed by atoms with Gasteiger partial charge < -0.3 is 14.8 Å². The summed E-state index contributed by atoms with van der Waals surface area (Å²) in [4.78, 5) is 23.8. The van der Waals surface area contributed by atoms with Crippen LogP contribution in [0.3, 0.4) is 0 Å². The standard InChI is InChI=1S/C20H22BrNO4/c1-3-25-18-7-5-4-6-15(18)9-11-20(24)26-13-19(23)22-16-10-8-14(2)17(21)12-16/h4-8,10,12H,3,9,11,13H2,1-2H3,(H,22,23). The number of aryl methyl sites for hydroxylation is 2. The largest absolute Gasteiger partial charge is 0.494 e. The van der Waals surface area contributed by atoms with E-state index in [0.29, 0.717) is 18.7 Å². The fraction of sp³-hybridized carbons (Fsp3) is 0.300. The molecule has 0 aliphatic carbocycles. The first-order valence-corrected chi connectivity index (χ1v) is 9.21. The van der Waals surface area contributed by atoms with E-state index in [4.69, 9.17) is 9.47 Å². The minimum Gasteiger partial charge on any atom is -0.494 e. The number of carbonyl (C=O) groups is 2. The zero-order valence-corrected chi connectivity index (χ0v) is 16.5. The van der Waals surface area contributed by atoms with Crippen LogP contribution < -0.4 is 10.1 Å². The zero-order chi connectivity index (χ0) is 18.9. The number of rotatable bonds is 8. The van der Waals surface area contributed by atoms with Gasteiger partial charge in [0.05, 0.1) is 6.61 Å². The first-order valence-electron chi connectivity index (χ1n) is 8.42. The molecule has 6 heteroatoms. The second-order valence-corrected chi connectivity index (χ2v) is 6.57. The van der Waals surface area contributed by atoms with E-state index >= 15 is 0 Å². The topological polar surface area (TPSA) is 64.6 Å². The van der Waals surface area contributed by atoms with Gasteiger partial charge in [-0.25, -0.2) is 0 Å². The molecule has 26 heavy (non-hydrogen) atoms. The van der Waals surface area contributed by atoms with Crippen molar-refractivity contribution >= 4 is 33.5 Å². The summed E-state index contributed by atoms with van der Waals surface area (Å²) in [6.45, 7) is 4.13. The van der Waals surface area contributed by atoms with Gasteiger partial charge in [0.25, 0.3) is 5.91 Å². The Bertz CT molecular complexity index is 776. The number of hydrogen-bond donors (Lipinski definition) is 1. The SMILES string of the molecule is CCOc1ccccc1CCC(=O)OCC(=O)Nc1ccc(C)c(Br)c1. The summed E-state index contributed by atoms with van der Waals surface area (Å²) in [6, 6.07) is 13.1. The predicted molar refractivity (Wildman–Crippen MR) is 104 cm³/mol. The highest BCUT2D eigenvalue weighted by Gasteiger charge is 2.10. The highest BCUT2D eigenvalue weighted by atomic mass is 79.9. The first-order chi connectivity index (χ1) is 12.5. The van der Waals surface area contributed by atoms with Gasteiger partial charge >= 0.3 is 5.97 Å². The molecule has 1 amide bonds. The van der Waals surface area contributed by atoms with Crippen molar-refractivity contribution in [2.24, 2.45) is 0 Å². The Labute approximate surface area is 161 Å². The van der Waals surface area contributed by atoms with Crippen LogP contribution in [0.25, 0.3) is 0 Å². The Hall–Kier alpha value is -2.34. The number of benzene rings is 2. The van der Waals surface area contributed by atoms with E-state index in [0.717, 1.165) is 21.3 Å². The molecule has 2 rings (SSSR count). The van der Waals surface area contributed by atoms with E-state index in [1.54, 1.807) is 12.1 Å². The van der Waals surface area contributed by atoms with Crippen molar-refractivity contribution in [3.63, 3.8) is 0 Å². The van der Waals surface area contributed by atoms with Gasteiger partial charge in [0.15, 0.2) is 6.61 Å². The van der Waals surface area contributed by atoms with Gasteiger partial charge in [-0.2, -0.15) is 0 Å². The molecule has 0 fully saturated rings. The third-order valence-corrected chi connectivity index (χ3v) is 4.55. The van der Waals surface area contributed by atoms with Gasteiger partial charge in [0.2, 0.25) is 0 Å². The van der Waals surface area contributed by atoms with Gasteiger partial charge in [0, 0.05) is 16.6 Å². The quantitative estimate of drug-likeness (QED) is 0.648. The summed E-state index contributed by atoms with van der Waals surface area (Å²) in [6.07, 6.45) is 0.689. The van der Waals surface area contributed by atoms with Crippen molar-refractivity contribution in [3.8, 4) is 5.75 Å². The molecule has 0 unspecified atom stereocenters. The molecule has 2 aromatic rings. The van der Waals surface area contributed by atoms with Crippen molar-refractivity contribution in [1.82, 2.24) is 0 Å². The van der Waals surface area contributed by atoms with Gasteiger partial charge in [0.1, 0.15) is 5.75 Å². The van der Waals surface area contributed by atoms with Gasteiger partial charge in [-0.3, -0.25) is 9.59 Å². The van der Waals surface area contributed by atoms with Crippen molar-refractivity contribution < 1.29 is 19.1 Å². The normalized spacial score (nSPS) is 10.3. The third-order valence-electron chi connectivity index (χ3n) is 3.69. The Morgan fingerprint density at radius 2 is 1.92 bits per heavy atom. The summed E-state index contributed by atoms with van der Waals surface area (Å²) in [7, 11) is 0. The molecule has 0 heterocycles. The number of nitrogens with one attached hydrogen (secondary N) is 1. The van der Waals surface area contributed by atoms with Crippen LogP contribution in [0, 0.1) is 6.92 Å². The summed E-state index contributed by atoms with van der Waals surface area (Å²) in [5, 5.41) is 2.70. The average molecular weight is 420 g/mol. The maximum Gasteiger partial charge on any atom is 0.306 e. The molecular weight excluding hydrogens is 398 g/mol. The highest BCUT2D eigenvalue weighted by Crippen LogP contribution is 2.21. The van der Waals surface area contributed by atoms with Crippen LogP contribution in [0.1, 0.15) is 24.5 Å². The van der Waals surface area contributed by atoms with E-state index in [-0.39, 0.29) is 18.9 Å². The molecule has 0 aromatic heterocycles. The summed E-state index contributed by atoms with van der Waals surface area (Å²) < 4.78 is 11.5. The van der Waals surface area contributed by atoms with E-state index < -0.39 is 5.97 Å². The lowest BCUT2D eigenvalue weighted by Gasteiger charge is -2.10. The smallest absolute Gasteiger partial charge is 0.306 e. The average Bonchev–Trinajstić information content (AvgIpc) is 2.62. The van der Waals surface area contributed by atoms with Crippen LogP contribution in [0.15, 0.2) is 46.9 Å². The number of hydrogen-bond acceptors (Lipinski definition) is 4. The lowest BCUT2D eigenvalue weighted by atomic mass is 10.1. The van der Waals surface area contributed by atoms with Crippen LogP contribution in [-0.2, 0) is 20.7 Å². The molecule has 0 saturated heterocycles. The molecule has 0 saturated carbocycles. The first kappa shape index (κ1) is 20.0. The maximum atomic E-state index is 11.9. The minimum absolute atomic E-state index is 0.188. The number of anilines is 1. The van der Waals surface area contributed by atoms with Gasteiger partial charge in [-0.05, 0) is 49.6 Å². The molecule has 0 bridgehead atoms. The van der Waals surface area contributed by atoms with Crippen molar-refractivity contribution in [2.75, 3.05) is 18.5 Å². The number of halogens is 1. The van der Waals surface area contributed by atoms with Crippen molar-refractivity contribution in [1.29, 1.82) is 0 Å². The van der Waals surface area contributed by atoms with Gasteiger partial charge in [-0.15, -0.1) is 0 Å². The summed E-state index contributed by atoms with van der Waals surface area (Å²) in [5.74, 6) is -0.0224. The van der Waals surface area contributed by atoms with Crippen LogP contribution >= 0.6 is 15.9 Å². The van der Waals surface area contributed by atoms with E-state index in [9.17, 15) is 9.59 Å². The number of para-hydroxylation sites is 1. The van der Waals surface area contributed by atoms with E-state index in [2.05, 4.69) is 21.2 Å². The summed E-state index contributed by atoms with van der Waals surface area (Å²) >= 11 is 3.41. The molecule has 5 nitrogen and oxygen atoms in total. The molecule has 2 aromatic carbocycles. The van der Waals surface area contributed by atoms with Crippen LogP contribution in [0.5, 0.6) is 5.75 Å². The van der Waals surface area contributed by atoms with Crippen LogP contribution in [0.4, 0.5) is 5.69 Å². The fourth-order valence-electron chi connectivity index (χ4n) is 2.33. The lowest BCUT2D eigenvalue weighted by Crippen LogP contribution is -2.21. The zero-order valence-electron chi connectivity index (χ0n) is 14.9. The Kier molecular flexibility index (Phi) is 7.66. The van der Waals surface area contributed by atoms with Crippen LogP contribution in [0.2, 0.25) is 0 Å². The maximum absolute atomic E-state index is 11.9. The number of amides is 1. The second-order valence-electron chi connectivity index (χ2n) is 5.71. The van der Waals surface area contributed by atoms with Gasteiger partial charge in [-0.1, -0.05) is 40.2 Å². The predicted octanol–water partition coefficient (Wildman–Crippen LogP) is 4.27. The molecule has 138 valence electrons. The Morgan fingerprint density at radius 3 is 2.65 bits per heavy atom. The minimum atomic E-state index is -0.420. The summed E-state index contributed by atoms with van der Waals surface area (Å²) in [5.41, 5.74) is 2.66. The molecular formula is C20H22BrNO4. The van der Waals surface area contributed by atoms with Crippen molar-refractivity contribution in [3.05, 3.63) is 58.1 Å². The third kappa shape index (κ3) is 6.19. The second kappa shape index (κ2) is 9.97. The number of esters is 1. The molecule has 0 aliphatic rings. The highest BCUT2D eigenvalue weighted by molar-refractivity contribution is 9.10. The number of ether oxygens (including phenoxy) is 2. The molecule has 0 spiro atoms. The lowest BCUT2D eigenvalue weighted by molar-refractivity contribution is -0.147. The molecule has 0 atom stereocenters. The Morgan fingerprint density at radius 1 is 1.15 bits per heavy atom. The molecule has 0 radical (unpaired) electrons. The monoisotopic (exact) mass is 419 g/mol. The number of carbonyl (C=O) groups excluding carboxylic acids is 2. The fourth-order valence-corrected chi connectivity index (χ4v) is 2.71. The molecule has 0 aliphatic heterocycles. The van der Waals surface area contributed by atoms with Crippen molar-refractivity contribution in [2.45, 2.75) is 26.7 Å². The molecule has 1 N–H and O–H groups in total. The Balaban J connectivity index is 1.78. The van der Waals surface area contributed by atoms with Crippen LogP contribution in [-0.4, -0.2) is 25.1 Å². The van der Waals surface area contributed by atoms with E-state index in [1.807, 2.05) is 44.2 Å².